The lowest BCUT2D eigenvalue weighted by Gasteiger charge is -2.07. The van der Waals surface area contributed by atoms with E-state index in [1.54, 1.807) is 0 Å². The molecule has 0 aromatic carbocycles. The molecule has 0 amide bonds. The third-order valence-electron chi connectivity index (χ3n) is 2.94. The molecule has 0 fully saturated rings. The maximum absolute atomic E-state index is 3.04. The summed E-state index contributed by atoms with van der Waals surface area (Å²) in [6.07, 6.45) is 0. The molecule has 0 aliphatic rings. The van der Waals surface area contributed by atoms with Crippen LogP contribution in [0.1, 0.15) is 22.8 Å². The summed E-state index contributed by atoms with van der Waals surface area (Å²) in [7, 11) is 0. The fourth-order valence-corrected chi connectivity index (χ4v) is 1.86. The summed E-state index contributed by atoms with van der Waals surface area (Å²) in [5.74, 6) is 0. The van der Waals surface area contributed by atoms with E-state index in [2.05, 4.69) is 47.2 Å². The third-order valence-corrected chi connectivity index (χ3v) is 2.94. The first kappa shape index (κ1) is 12.2. The van der Waals surface area contributed by atoms with E-state index in [1.807, 2.05) is 37.0 Å². The Morgan fingerprint density at radius 1 is 0.667 bits per heavy atom. The first-order chi connectivity index (χ1) is 8.59. The maximum atomic E-state index is 3.04. The summed E-state index contributed by atoms with van der Waals surface area (Å²) in [5.41, 5.74) is 10.6. The Morgan fingerprint density at radius 3 is 1.22 bits per heavy atom. The Kier molecular flexibility index (Phi) is 3.33. The average molecular weight is 242 g/mol. The van der Waals surface area contributed by atoms with Crippen LogP contribution in [-0.4, -0.2) is 9.35 Å². The van der Waals surface area contributed by atoms with Crippen molar-refractivity contribution in [2.45, 2.75) is 27.7 Å². The Balaban J connectivity index is 2.03. The second kappa shape index (κ2) is 4.92. The lowest BCUT2D eigenvalue weighted by atomic mass is 10.5. The van der Waals surface area contributed by atoms with Crippen LogP contribution in [0.3, 0.4) is 0 Å². The zero-order chi connectivity index (χ0) is 13.1. The highest BCUT2D eigenvalue weighted by Crippen LogP contribution is 2.04. The molecular formula is C14H18N4. The van der Waals surface area contributed by atoms with E-state index >= 15 is 0 Å². The molecule has 0 aliphatic carbocycles. The van der Waals surface area contributed by atoms with Crippen molar-refractivity contribution in [2.24, 2.45) is 0 Å². The van der Waals surface area contributed by atoms with Gasteiger partial charge in [-0.05, 0) is 52.0 Å². The molecule has 0 atom stereocenters. The van der Waals surface area contributed by atoms with E-state index in [9.17, 15) is 0 Å². The minimum Gasteiger partial charge on any atom is -0.258 e. The van der Waals surface area contributed by atoms with Crippen LogP contribution in [0.25, 0.3) is 0 Å². The van der Waals surface area contributed by atoms with E-state index in [4.69, 9.17) is 0 Å². The Hall–Kier alpha value is -2.28. The third kappa shape index (κ3) is 2.35. The van der Waals surface area contributed by atoms with E-state index < -0.39 is 0 Å². The molecule has 94 valence electrons. The highest BCUT2D eigenvalue weighted by molar-refractivity contribution is 5.23. The normalized spacial score (nSPS) is 9.78. The number of aromatic nitrogens is 2. The lowest BCUT2D eigenvalue weighted by Crippen LogP contribution is -2.15. The summed E-state index contributed by atoms with van der Waals surface area (Å²) in [5, 5.41) is 0. The molecular weight excluding hydrogens is 224 g/mol. The van der Waals surface area contributed by atoms with Crippen molar-refractivity contribution in [3.8, 4) is 12.1 Å². The van der Waals surface area contributed by atoms with Crippen LogP contribution in [0.5, 0.6) is 0 Å². The Morgan fingerprint density at radius 2 is 0.944 bits per heavy atom. The molecule has 0 bridgehead atoms. The van der Waals surface area contributed by atoms with Crippen LogP contribution >= 0.6 is 0 Å². The molecule has 0 unspecified atom stereocenters. The quantitative estimate of drug-likeness (QED) is 0.625. The monoisotopic (exact) mass is 242 g/mol. The Bertz CT molecular complexity index is 516. The van der Waals surface area contributed by atoms with Gasteiger partial charge in [-0.1, -0.05) is 0 Å². The first-order valence-corrected chi connectivity index (χ1v) is 5.91. The smallest absolute Gasteiger partial charge is 0.0505 e. The minimum absolute atomic E-state index is 1.13. The summed E-state index contributed by atoms with van der Waals surface area (Å²) >= 11 is 0. The topological polar surface area (TPSA) is 33.9 Å². The van der Waals surface area contributed by atoms with E-state index in [0.29, 0.717) is 0 Å². The standard InChI is InChI=1S/C14H18N4/c1-11-5-6-12(2)17(11)15-9-10-16-18-13(3)7-8-14(18)4/h5-8,15-16H,1-4H3. The van der Waals surface area contributed by atoms with Crippen molar-refractivity contribution >= 4 is 0 Å². The molecule has 2 rings (SSSR count). The minimum atomic E-state index is 1.13. The second-order valence-electron chi connectivity index (χ2n) is 4.38. The Labute approximate surface area is 108 Å². The largest absolute Gasteiger partial charge is 0.258 e. The molecule has 2 N–H and O–H groups in total. The molecule has 0 saturated carbocycles. The van der Waals surface area contributed by atoms with Gasteiger partial charge in [0.15, 0.2) is 0 Å². The molecule has 2 aromatic heterocycles. The summed E-state index contributed by atoms with van der Waals surface area (Å²) in [6.45, 7) is 8.15. The maximum Gasteiger partial charge on any atom is 0.0505 e. The van der Waals surface area contributed by atoms with Gasteiger partial charge in [0.05, 0.1) is 12.1 Å². The van der Waals surface area contributed by atoms with Crippen molar-refractivity contribution in [3.63, 3.8) is 0 Å². The molecule has 18 heavy (non-hydrogen) atoms. The van der Waals surface area contributed by atoms with Gasteiger partial charge in [0.2, 0.25) is 0 Å². The van der Waals surface area contributed by atoms with Gasteiger partial charge >= 0.3 is 0 Å². The van der Waals surface area contributed by atoms with Crippen LogP contribution in [0.2, 0.25) is 0 Å². The molecule has 4 heteroatoms. The van der Waals surface area contributed by atoms with Crippen LogP contribution in [0.15, 0.2) is 24.3 Å². The van der Waals surface area contributed by atoms with Gasteiger partial charge in [0.25, 0.3) is 0 Å². The fraction of sp³-hybridized carbons (Fsp3) is 0.286. The molecule has 4 nitrogen and oxygen atoms in total. The van der Waals surface area contributed by atoms with Crippen LogP contribution in [0.4, 0.5) is 0 Å². The highest BCUT2D eigenvalue weighted by atomic mass is 15.4. The number of hydrogen-bond acceptors (Lipinski definition) is 2. The molecule has 2 heterocycles. The zero-order valence-corrected chi connectivity index (χ0v) is 11.2. The highest BCUT2D eigenvalue weighted by Gasteiger charge is 1.98. The molecule has 2 aromatic rings. The van der Waals surface area contributed by atoms with Gasteiger partial charge in [-0.15, -0.1) is 0 Å². The zero-order valence-electron chi connectivity index (χ0n) is 11.2. The lowest BCUT2D eigenvalue weighted by molar-refractivity contribution is 0.878. The SMILES string of the molecule is Cc1ccc(C)n1NC#CNn1c(C)ccc1C. The average Bonchev–Trinajstić information content (AvgIpc) is 2.82. The molecule has 0 saturated heterocycles. The summed E-state index contributed by atoms with van der Waals surface area (Å²) in [4.78, 5) is 0. The van der Waals surface area contributed by atoms with Crippen molar-refractivity contribution in [2.75, 3.05) is 10.9 Å². The fourth-order valence-electron chi connectivity index (χ4n) is 1.86. The molecule has 0 radical (unpaired) electrons. The van der Waals surface area contributed by atoms with Gasteiger partial charge in [0.1, 0.15) is 0 Å². The van der Waals surface area contributed by atoms with Crippen molar-refractivity contribution < 1.29 is 0 Å². The summed E-state index contributed by atoms with van der Waals surface area (Å²) in [6, 6.07) is 14.0. The van der Waals surface area contributed by atoms with Crippen LogP contribution in [0, 0.1) is 39.8 Å². The summed E-state index contributed by atoms with van der Waals surface area (Å²) < 4.78 is 3.90. The van der Waals surface area contributed by atoms with Crippen molar-refractivity contribution in [3.05, 3.63) is 47.0 Å². The number of nitrogens with one attached hydrogen (secondary N) is 2. The second-order valence-corrected chi connectivity index (χ2v) is 4.38. The van der Waals surface area contributed by atoms with Crippen molar-refractivity contribution in [1.82, 2.24) is 9.35 Å². The van der Waals surface area contributed by atoms with E-state index in [0.717, 1.165) is 22.8 Å². The van der Waals surface area contributed by atoms with Crippen LogP contribution < -0.4 is 10.9 Å². The van der Waals surface area contributed by atoms with Crippen molar-refractivity contribution in [1.29, 1.82) is 0 Å². The van der Waals surface area contributed by atoms with Gasteiger partial charge in [-0.2, -0.15) is 0 Å². The number of rotatable bonds is 2. The molecule has 0 spiro atoms. The predicted octanol–water partition coefficient (Wildman–Crippen LogP) is 2.23. The first-order valence-electron chi connectivity index (χ1n) is 5.91. The molecule has 0 aliphatic heterocycles. The van der Waals surface area contributed by atoms with Gasteiger partial charge < -0.3 is 0 Å². The van der Waals surface area contributed by atoms with E-state index in [-0.39, 0.29) is 0 Å². The van der Waals surface area contributed by atoms with Gasteiger partial charge in [-0.3, -0.25) is 20.2 Å². The van der Waals surface area contributed by atoms with Crippen LogP contribution in [-0.2, 0) is 0 Å². The number of aryl methyl sites for hydroxylation is 4. The van der Waals surface area contributed by atoms with E-state index in [1.165, 1.54) is 0 Å². The van der Waals surface area contributed by atoms with Gasteiger partial charge in [0, 0.05) is 22.8 Å². The number of hydrogen-bond donors (Lipinski definition) is 2. The predicted molar refractivity (Wildman–Crippen MR) is 74.3 cm³/mol. The number of nitrogens with zero attached hydrogens (tertiary/aromatic N) is 2. The van der Waals surface area contributed by atoms with Gasteiger partial charge in [-0.25, -0.2) is 0 Å².